The van der Waals surface area contributed by atoms with E-state index in [4.69, 9.17) is 11.3 Å². The molecule has 3 nitrogen and oxygen atoms in total. The molecule has 0 atom stereocenters. The number of rotatable bonds is 2. The molecule has 0 unspecified atom stereocenters. The van der Waals surface area contributed by atoms with E-state index in [0.29, 0.717) is 10.6 Å². The monoisotopic (exact) mass is 293 g/mol. The molecule has 0 saturated heterocycles. The highest BCUT2D eigenvalue weighted by Crippen LogP contribution is 2.37. The molecule has 0 N–H and O–H groups in total. The zero-order valence-electron chi connectivity index (χ0n) is 11.3. The van der Waals surface area contributed by atoms with E-state index in [2.05, 4.69) is 4.85 Å². The molecule has 0 amide bonds. The molecule has 0 fully saturated rings. The van der Waals surface area contributed by atoms with Gasteiger partial charge in [0.15, 0.2) is 0 Å². The van der Waals surface area contributed by atoms with Crippen LogP contribution in [-0.4, -0.2) is 13.1 Å². The fourth-order valence-corrected chi connectivity index (χ4v) is 3.10. The Morgan fingerprint density at radius 2 is 2.05 bits per heavy atom. The first kappa shape index (κ1) is 13.3. The van der Waals surface area contributed by atoms with Crippen LogP contribution in [0.5, 0.6) is 0 Å². The van der Waals surface area contributed by atoms with E-state index in [-0.39, 0.29) is 5.97 Å². The summed E-state index contributed by atoms with van der Waals surface area (Å²) in [6.45, 7) is 7.07. The van der Waals surface area contributed by atoms with Crippen LogP contribution >= 0.6 is 11.3 Å². The molecule has 102 valence electrons. The molecular weight excluding hydrogens is 282 g/mol. The van der Waals surface area contributed by atoms with E-state index in [9.17, 15) is 4.79 Å². The second kappa shape index (κ2) is 5.39. The molecule has 3 rings (SSSR count). The third kappa shape index (κ3) is 2.39. The van der Waals surface area contributed by atoms with Gasteiger partial charge in [0.2, 0.25) is 5.00 Å². The van der Waals surface area contributed by atoms with E-state index in [1.54, 1.807) is 6.07 Å². The van der Waals surface area contributed by atoms with Gasteiger partial charge >= 0.3 is 5.97 Å². The summed E-state index contributed by atoms with van der Waals surface area (Å²) >= 11 is 1.45. The normalized spacial score (nSPS) is 10.3. The molecule has 21 heavy (non-hydrogen) atoms. The zero-order valence-corrected chi connectivity index (χ0v) is 12.1. The van der Waals surface area contributed by atoms with Crippen LogP contribution in [-0.2, 0) is 4.74 Å². The van der Waals surface area contributed by atoms with Crippen LogP contribution in [0.1, 0.15) is 10.4 Å². The summed E-state index contributed by atoms with van der Waals surface area (Å²) in [6.07, 6.45) is 0. The van der Waals surface area contributed by atoms with Crippen LogP contribution in [0.15, 0.2) is 48.5 Å². The first-order chi connectivity index (χ1) is 10.2. The number of nitrogens with zero attached hydrogens (tertiary/aromatic N) is 1. The van der Waals surface area contributed by atoms with Crippen LogP contribution in [0.4, 0.5) is 5.00 Å². The molecule has 0 aliphatic rings. The minimum Gasteiger partial charge on any atom is -0.465 e. The summed E-state index contributed by atoms with van der Waals surface area (Å²) in [5.41, 5.74) is 1.55. The molecular formula is C17H11NO2S. The third-order valence-corrected chi connectivity index (χ3v) is 4.28. The number of fused-ring (bicyclic) bond motifs is 1. The van der Waals surface area contributed by atoms with Crippen molar-refractivity contribution >= 4 is 33.1 Å². The van der Waals surface area contributed by atoms with Crippen molar-refractivity contribution in [2.24, 2.45) is 0 Å². The van der Waals surface area contributed by atoms with Crippen molar-refractivity contribution in [2.45, 2.75) is 0 Å². The molecule has 0 saturated carbocycles. The van der Waals surface area contributed by atoms with Crippen LogP contribution in [0.2, 0.25) is 0 Å². The summed E-state index contributed by atoms with van der Waals surface area (Å²) in [5.74, 6) is -0.347. The van der Waals surface area contributed by atoms with E-state index in [1.807, 2.05) is 42.5 Å². The lowest BCUT2D eigenvalue weighted by molar-refractivity contribution is 0.0601. The molecule has 3 aromatic rings. The van der Waals surface area contributed by atoms with Gasteiger partial charge in [-0.25, -0.2) is 9.64 Å². The van der Waals surface area contributed by atoms with Gasteiger partial charge < -0.3 is 4.74 Å². The quantitative estimate of drug-likeness (QED) is 0.496. The van der Waals surface area contributed by atoms with Gasteiger partial charge in [-0.1, -0.05) is 30.3 Å². The molecule has 0 aliphatic heterocycles. The molecule has 1 aromatic heterocycles. The van der Waals surface area contributed by atoms with Gasteiger partial charge in [-0.2, -0.15) is 11.3 Å². The molecule has 0 aliphatic carbocycles. The topological polar surface area (TPSA) is 30.7 Å². The Labute approximate surface area is 126 Å². The van der Waals surface area contributed by atoms with E-state index >= 15 is 0 Å². The Hall–Kier alpha value is -2.64. The molecule has 1 heterocycles. The number of hydrogen-bond donors (Lipinski definition) is 0. The Balaban J connectivity index is 2.22. The second-order valence-electron chi connectivity index (χ2n) is 4.48. The van der Waals surface area contributed by atoms with Gasteiger partial charge in [0, 0.05) is 4.88 Å². The summed E-state index contributed by atoms with van der Waals surface area (Å²) in [5, 5.41) is 2.70. The number of carbonyl (C=O) groups is 1. The maximum absolute atomic E-state index is 11.7. The van der Waals surface area contributed by atoms with E-state index < -0.39 is 0 Å². The fraction of sp³-hybridized carbons (Fsp3) is 0.0588. The first-order valence-electron chi connectivity index (χ1n) is 6.31. The Morgan fingerprint density at radius 3 is 2.76 bits per heavy atom. The van der Waals surface area contributed by atoms with E-state index in [1.165, 1.54) is 18.4 Å². The highest BCUT2D eigenvalue weighted by atomic mass is 32.1. The number of ether oxygens (including phenoxy) is 1. The minimum absolute atomic E-state index is 0.347. The maximum atomic E-state index is 11.7. The van der Waals surface area contributed by atoms with Crippen LogP contribution in [0.3, 0.4) is 0 Å². The number of benzene rings is 2. The summed E-state index contributed by atoms with van der Waals surface area (Å²) in [6, 6.07) is 15.3. The fourth-order valence-electron chi connectivity index (χ4n) is 2.26. The third-order valence-electron chi connectivity index (χ3n) is 3.27. The van der Waals surface area contributed by atoms with Gasteiger partial charge in [-0.3, -0.25) is 0 Å². The minimum atomic E-state index is -0.347. The van der Waals surface area contributed by atoms with Crippen LogP contribution < -0.4 is 0 Å². The van der Waals surface area contributed by atoms with Crippen molar-refractivity contribution in [3.8, 4) is 10.4 Å². The summed E-state index contributed by atoms with van der Waals surface area (Å²) < 4.78 is 4.78. The predicted octanol–water partition coefficient (Wildman–Crippen LogP) is 4.91. The smallest absolute Gasteiger partial charge is 0.337 e. The summed E-state index contributed by atoms with van der Waals surface area (Å²) in [4.78, 5) is 16.2. The lowest BCUT2D eigenvalue weighted by Crippen LogP contribution is -2.00. The van der Waals surface area contributed by atoms with Crippen LogP contribution in [0.25, 0.3) is 26.1 Å². The largest absolute Gasteiger partial charge is 0.465 e. The van der Waals surface area contributed by atoms with Crippen molar-refractivity contribution in [2.75, 3.05) is 7.11 Å². The predicted molar refractivity (Wildman–Crippen MR) is 84.9 cm³/mol. The number of thiophene rings is 1. The highest BCUT2D eigenvalue weighted by Gasteiger charge is 2.10. The SMILES string of the molecule is [C-]#[N+]c1ccc(-c2cccc3ccc(C(=O)OC)cc23)s1. The van der Waals surface area contributed by atoms with Gasteiger partial charge in [0.25, 0.3) is 0 Å². The maximum Gasteiger partial charge on any atom is 0.337 e. The second-order valence-corrected chi connectivity index (χ2v) is 5.54. The van der Waals surface area contributed by atoms with Gasteiger partial charge in [-0.05, 0) is 34.5 Å². The highest BCUT2D eigenvalue weighted by molar-refractivity contribution is 7.19. The van der Waals surface area contributed by atoms with Gasteiger partial charge in [0.05, 0.1) is 19.2 Å². The number of hydrogen-bond acceptors (Lipinski definition) is 3. The Bertz CT molecular complexity index is 874. The Morgan fingerprint density at radius 1 is 1.19 bits per heavy atom. The number of methoxy groups -OCH3 is 1. The van der Waals surface area contributed by atoms with Crippen molar-refractivity contribution in [1.82, 2.24) is 0 Å². The number of carbonyl (C=O) groups excluding carboxylic acids is 1. The molecule has 0 radical (unpaired) electrons. The molecule has 4 heteroatoms. The lowest BCUT2D eigenvalue weighted by atomic mass is 10.0. The molecule has 2 aromatic carbocycles. The zero-order chi connectivity index (χ0) is 14.8. The lowest BCUT2D eigenvalue weighted by Gasteiger charge is -2.07. The van der Waals surface area contributed by atoms with Gasteiger partial charge in [-0.15, -0.1) is 0 Å². The van der Waals surface area contributed by atoms with Crippen LogP contribution in [0, 0.1) is 6.57 Å². The summed E-state index contributed by atoms with van der Waals surface area (Å²) in [7, 11) is 1.37. The van der Waals surface area contributed by atoms with Crippen molar-refractivity contribution in [3.63, 3.8) is 0 Å². The average molecular weight is 293 g/mol. The average Bonchev–Trinajstić information content (AvgIpc) is 3.02. The van der Waals surface area contributed by atoms with Crippen molar-refractivity contribution in [3.05, 3.63) is 65.5 Å². The van der Waals surface area contributed by atoms with E-state index in [0.717, 1.165) is 21.2 Å². The van der Waals surface area contributed by atoms with Crippen molar-refractivity contribution in [1.29, 1.82) is 0 Å². The Kier molecular flexibility index (Phi) is 3.43. The number of esters is 1. The van der Waals surface area contributed by atoms with Crippen molar-refractivity contribution < 1.29 is 9.53 Å². The molecule has 0 spiro atoms. The van der Waals surface area contributed by atoms with Gasteiger partial charge in [0.1, 0.15) is 0 Å². The molecule has 0 bridgehead atoms. The first-order valence-corrected chi connectivity index (χ1v) is 7.13. The standard InChI is InChI=1S/C17H11NO2S/c1-18-16-9-8-15(21-16)13-5-3-4-11-6-7-12(10-14(11)13)17(19)20-2/h3-10H,2H3.